The predicted molar refractivity (Wildman–Crippen MR) is 105 cm³/mol. The summed E-state index contributed by atoms with van der Waals surface area (Å²) >= 11 is 0. The number of morpholine rings is 1. The fraction of sp³-hybridized carbons (Fsp3) is 0.579. The highest BCUT2D eigenvalue weighted by Gasteiger charge is 2.23. The van der Waals surface area contributed by atoms with E-state index in [-0.39, 0.29) is 5.56 Å². The van der Waals surface area contributed by atoms with Crippen LogP contribution in [0.5, 0.6) is 17.2 Å². The number of hydrogen-bond donors (Lipinski definition) is 3. The quantitative estimate of drug-likeness (QED) is 0.460. The first-order valence-corrected chi connectivity index (χ1v) is 9.33. The molecule has 1 saturated heterocycles. The number of aliphatic hydroxyl groups excluding tert-OH is 1. The van der Waals surface area contributed by atoms with Crippen molar-refractivity contribution in [3.63, 3.8) is 0 Å². The maximum Gasteiger partial charge on any atom is 0.252 e. The SMILES string of the molecule is COc1cc(C(=O)NC(CO)C(=O)NCCN2CCOCC2)cc(OC)c1OC. The number of nitrogens with zero attached hydrogens (tertiary/aromatic N) is 1. The van der Waals surface area contributed by atoms with E-state index < -0.39 is 24.5 Å². The number of hydrogen-bond acceptors (Lipinski definition) is 8. The zero-order chi connectivity index (χ0) is 21.2. The molecule has 1 aromatic carbocycles. The average Bonchev–Trinajstić information content (AvgIpc) is 2.76. The van der Waals surface area contributed by atoms with Crippen LogP contribution in [0, 0.1) is 0 Å². The number of nitrogens with one attached hydrogen (secondary N) is 2. The lowest BCUT2D eigenvalue weighted by atomic mass is 10.1. The molecule has 1 aliphatic rings. The second-order valence-corrected chi connectivity index (χ2v) is 6.37. The van der Waals surface area contributed by atoms with E-state index in [4.69, 9.17) is 18.9 Å². The van der Waals surface area contributed by atoms with Crippen molar-refractivity contribution in [1.82, 2.24) is 15.5 Å². The largest absolute Gasteiger partial charge is 0.493 e. The normalized spacial score (nSPS) is 15.3. The van der Waals surface area contributed by atoms with Gasteiger partial charge in [0.15, 0.2) is 11.5 Å². The molecule has 1 atom stereocenters. The third-order valence-electron chi connectivity index (χ3n) is 4.56. The van der Waals surface area contributed by atoms with E-state index in [9.17, 15) is 14.7 Å². The van der Waals surface area contributed by atoms with Gasteiger partial charge >= 0.3 is 0 Å². The highest BCUT2D eigenvalue weighted by Crippen LogP contribution is 2.38. The molecular formula is C19H29N3O7. The van der Waals surface area contributed by atoms with Crippen LogP contribution in [0.2, 0.25) is 0 Å². The summed E-state index contributed by atoms with van der Waals surface area (Å²) in [5.41, 5.74) is 0.207. The molecule has 1 aromatic rings. The van der Waals surface area contributed by atoms with Crippen LogP contribution in [-0.4, -0.2) is 95.2 Å². The van der Waals surface area contributed by atoms with E-state index in [0.29, 0.717) is 43.6 Å². The van der Waals surface area contributed by atoms with Crippen LogP contribution in [0.3, 0.4) is 0 Å². The zero-order valence-corrected chi connectivity index (χ0v) is 17.0. The smallest absolute Gasteiger partial charge is 0.252 e. The minimum Gasteiger partial charge on any atom is -0.493 e. The molecule has 0 aromatic heterocycles. The summed E-state index contributed by atoms with van der Waals surface area (Å²) in [4.78, 5) is 27.1. The van der Waals surface area contributed by atoms with Crippen molar-refractivity contribution in [2.75, 3.05) is 67.3 Å². The van der Waals surface area contributed by atoms with E-state index in [2.05, 4.69) is 15.5 Å². The summed E-state index contributed by atoms with van der Waals surface area (Å²) in [6, 6.07) is 1.87. The Morgan fingerprint density at radius 1 is 1.14 bits per heavy atom. The number of amides is 2. The van der Waals surface area contributed by atoms with E-state index in [0.717, 1.165) is 13.1 Å². The van der Waals surface area contributed by atoms with Gasteiger partial charge in [0.05, 0.1) is 41.2 Å². The molecule has 0 saturated carbocycles. The minimum absolute atomic E-state index is 0.207. The molecule has 10 nitrogen and oxygen atoms in total. The van der Waals surface area contributed by atoms with E-state index >= 15 is 0 Å². The summed E-state index contributed by atoms with van der Waals surface area (Å²) in [6.45, 7) is 3.55. The van der Waals surface area contributed by atoms with Crippen molar-refractivity contribution in [3.05, 3.63) is 17.7 Å². The van der Waals surface area contributed by atoms with Crippen molar-refractivity contribution < 1.29 is 33.6 Å². The molecule has 29 heavy (non-hydrogen) atoms. The van der Waals surface area contributed by atoms with Crippen LogP contribution in [0.1, 0.15) is 10.4 Å². The minimum atomic E-state index is -1.08. The van der Waals surface area contributed by atoms with E-state index in [1.165, 1.54) is 33.5 Å². The first kappa shape index (κ1) is 22.7. The van der Waals surface area contributed by atoms with Crippen LogP contribution in [0.15, 0.2) is 12.1 Å². The van der Waals surface area contributed by atoms with Crippen LogP contribution in [0.4, 0.5) is 0 Å². The van der Waals surface area contributed by atoms with Gasteiger partial charge in [0.25, 0.3) is 5.91 Å². The Labute approximate surface area is 170 Å². The topological polar surface area (TPSA) is 119 Å². The van der Waals surface area contributed by atoms with Gasteiger partial charge in [-0.15, -0.1) is 0 Å². The van der Waals surface area contributed by atoms with Gasteiger partial charge in [0.2, 0.25) is 11.7 Å². The molecule has 1 unspecified atom stereocenters. The standard InChI is InChI=1S/C19H29N3O7/c1-26-15-10-13(11-16(27-2)17(15)28-3)18(24)21-14(12-23)19(25)20-4-5-22-6-8-29-9-7-22/h10-11,14,23H,4-9,12H2,1-3H3,(H,20,25)(H,21,24). The molecule has 10 heteroatoms. The molecular weight excluding hydrogens is 382 g/mol. The Bertz CT molecular complexity index is 667. The van der Waals surface area contributed by atoms with Gasteiger partial charge in [-0.2, -0.15) is 0 Å². The van der Waals surface area contributed by atoms with Crippen LogP contribution in [0.25, 0.3) is 0 Å². The summed E-state index contributed by atoms with van der Waals surface area (Å²) in [7, 11) is 4.35. The molecule has 0 bridgehead atoms. The van der Waals surface area contributed by atoms with Gasteiger partial charge in [-0.1, -0.05) is 0 Å². The monoisotopic (exact) mass is 411 g/mol. The molecule has 0 spiro atoms. The third kappa shape index (κ3) is 6.21. The van der Waals surface area contributed by atoms with Crippen molar-refractivity contribution in [2.24, 2.45) is 0 Å². The molecule has 1 heterocycles. The first-order chi connectivity index (χ1) is 14.0. The zero-order valence-electron chi connectivity index (χ0n) is 17.0. The molecule has 1 aliphatic heterocycles. The molecule has 2 rings (SSSR count). The number of benzene rings is 1. The highest BCUT2D eigenvalue weighted by atomic mass is 16.5. The second-order valence-electron chi connectivity index (χ2n) is 6.37. The number of aliphatic hydroxyl groups is 1. The Morgan fingerprint density at radius 3 is 2.28 bits per heavy atom. The van der Waals surface area contributed by atoms with E-state index in [1.54, 1.807) is 0 Å². The first-order valence-electron chi connectivity index (χ1n) is 9.33. The summed E-state index contributed by atoms with van der Waals surface area (Å²) in [5, 5.41) is 14.8. The Balaban J connectivity index is 1.96. The lowest BCUT2D eigenvalue weighted by molar-refractivity contribution is -0.123. The van der Waals surface area contributed by atoms with Gasteiger partial charge in [-0.3, -0.25) is 14.5 Å². The van der Waals surface area contributed by atoms with Gasteiger partial charge in [-0.05, 0) is 12.1 Å². The van der Waals surface area contributed by atoms with Crippen LogP contribution >= 0.6 is 0 Å². The number of ether oxygens (including phenoxy) is 4. The Kier molecular flexibility index (Phi) is 8.97. The Morgan fingerprint density at radius 2 is 1.76 bits per heavy atom. The molecule has 162 valence electrons. The van der Waals surface area contributed by atoms with Crippen molar-refractivity contribution in [2.45, 2.75) is 6.04 Å². The fourth-order valence-electron chi connectivity index (χ4n) is 2.93. The molecule has 3 N–H and O–H groups in total. The van der Waals surface area contributed by atoms with Gasteiger partial charge in [-0.25, -0.2) is 0 Å². The lowest BCUT2D eigenvalue weighted by Crippen LogP contribution is -2.50. The Hall–Kier alpha value is -2.56. The summed E-state index contributed by atoms with van der Waals surface area (Å²) < 4.78 is 21.0. The van der Waals surface area contributed by atoms with Crippen molar-refractivity contribution >= 4 is 11.8 Å². The van der Waals surface area contributed by atoms with Gasteiger partial charge in [0.1, 0.15) is 6.04 Å². The average molecular weight is 411 g/mol. The van der Waals surface area contributed by atoms with Gasteiger partial charge in [0, 0.05) is 31.7 Å². The lowest BCUT2D eigenvalue weighted by Gasteiger charge is -2.26. The fourth-order valence-corrected chi connectivity index (χ4v) is 2.93. The number of methoxy groups -OCH3 is 3. The number of rotatable bonds is 10. The number of carbonyl (C=O) groups excluding carboxylic acids is 2. The van der Waals surface area contributed by atoms with Crippen LogP contribution in [-0.2, 0) is 9.53 Å². The third-order valence-corrected chi connectivity index (χ3v) is 4.56. The summed E-state index contributed by atoms with van der Waals surface area (Å²) in [6.07, 6.45) is 0. The van der Waals surface area contributed by atoms with Crippen molar-refractivity contribution in [1.29, 1.82) is 0 Å². The van der Waals surface area contributed by atoms with Crippen LogP contribution < -0.4 is 24.8 Å². The van der Waals surface area contributed by atoms with Gasteiger partial charge < -0.3 is 34.7 Å². The van der Waals surface area contributed by atoms with E-state index in [1.807, 2.05) is 0 Å². The highest BCUT2D eigenvalue weighted by molar-refractivity contribution is 5.98. The number of carbonyl (C=O) groups is 2. The van der Waals surface area contributed by atoms with Crippen molar-refractivity contribution in [3.8, 4) is 17.2 Å². The maximum absolute atomic E-state index is 12.6. The molecule has 0 radical (unpaired) electrons. The predicted octanol–water partition coefficient (Wildman–Crippen LogP) is -0.748. The second kappa shape index (κ2) is 11.4. The summed E-state index contributed by atoms with van der Waals surface area (Å²) in [5.74, 6) is -0.0284. The molecule has 1 fully saturated rings. The molecule has 2 amide bonds. The maximum atomic E-state index is 12.6. The molecule has 0 aliphatic carbocycles.